The lowest BCUT2D eigenvalue weighted by molar-refractivity contribution is 0.0928. The van der Waals surface area contributed by atoms with Gasteiger partial charge in [-0.05, 0) is 17.7 Å². The first-order valence-electron chi connectivity index (χ1n) is 9.79. The number of hydrogen-bond donors (Lipinski definition) is 2. The van der Waals surface area contributed by atoms with E-state index in [1.165, 1.54) is 0 Å². The van der Waals surface area contributed by atoms with Crippen molar-refractivity contribution in [3.05, 3.63) is 65.0 Å². The van der Waals surface area contributed by atoms with E-state index < -0.39 is 0 Å². The zero-order valence-electron chi connectivity index (χ0n) is 16.6. The fourth-order valence-corrected chi connectivity index (χ4v) is 4.00. The normalized spacial score (nSPS) is 23.2. The number of rotatable bonds is 7. The molecule has 7 heteroatoms. The molecular weight excluding hydrogens is 370 g/mol. The maximum atomic E-state index is 12.9. The van der Waals surface area contributed by atoms with Crippen molar-refractivity contribution in [2.45, 2.75) is 12.0 Å². The van der Waals surface area contributed by atoms with Crippen molar-refractivity contribution in [2.24, 2.45) is 11.8 Å². The van der Waals surface area contributed by atoms with Gasteiger partial charge in [0.1, 0.15) is 5.69 Å². The van der Waals surface area contributed by atoms with E-state index in [2.05, 4.69) is 15.6 Å². The molecule has 2 amide bonds. The Bertz CT molecular complexity index is 892. The minimum atomic E-state index is -0.332. The van der Waals surface area contributed by atoms with Gasteiger partial charge in [-0.2, -0.15) is 0 Å². The van der Waals surface area contributed by atoms with Gasteiger partial charge in [0.2, 0.25) is 0 Å². The van der Waals surface area contributed by atoms with Gasteiger partial charge >= 0.3 is 0 Å². The summed E-state index contributed by atoms with van der Waals surface area (Å²) in [7, 11) is 3.17. The van der Waals surface area contributed by atoms with E-state index in [0.717, 1.165) is 5.56 Å². The topological polar surface area (TPSA) is 89.6 Å². The molecule has 0 bridgehead atoms. The van der Waals surface area contributed by atoms with Crippen molar-refractivity contribution in [1.82, 2.24) is 15.6 Å². The summed E-state index contributed by atoms with van der Waals surface area (Å²) in [6, 6.07) is 13.3. The third-order valence-corrected chi connectivity index (χ3v) is 5.71. The Labute approximate surface area is 169 Å². The molecule has 2 fully saturated rings. The van der Waals surface area contributed by atoms with Crippen molar-refractivity contribution in [2.75, 3.05) is 34.0 Å². The Morgan fingerprint density at radius 3 is 2.55 bits per heavy atom. The molecule has 2 aromatic rings. The number of benzene rings is 1. The number of amides is 2. The Morgan fingerprint density at radius 2 is 1.90 bits per heavy atom. The van der Waals surface area contributed by atoms with Crippen LogP contribution in [0.2, 0.25) is 0 Å². The fraction of sp³-hybridized carbons (Fsp3) is 0.409. The monoisotopic (exact) mass is 395 g/mol. The molecule has 4 atom stereocenters. The van der Waals surface area contributed by atoms with E-state index in [9.17, 15) is 9.59 Å². The van der Waals surface area contributed by atoms with Crippen LogP contribution in [-0.2, 0) is 9.47 Å². The largest absolute Gasteiger partial charge is 0.384 e. The fourth-order valence-electron chi connectivity index (χ4n) is 4.00. The number of nitrogens with one attached hydrogen (secondary N) is 2. The Balaban J connectivity index is 1.66. The quantitative estimate of drug-likeness (QED) is 0.743. The summed E-state index contributed by atoms with van der Waals surface area (Å²) in [6.45, 7) is 1.79. The van der Waals surface area contributed by atoms with Gasteiger partial charge in [0, 0.05) is 43.5 Å². The average molecular weight is 395 g/mol. The summed E-state index contributed by atoms with van der Waals surface area (Å²) in [6.07, 6.45) is 0. The summed E-state index contributed by atoms with van der Waals surface area (Å²) in [5.41, 5.74) is 2.28. The SMILES string of the molecule is CNC(=O)c1cc(C(=O)N[C@H]2[C@@H]3COC[C@@H]32)cc(C(COC)c2ccccc2)n1. The van der Waals surface area contributed by atoms with Crippen LogP contribution in [0.5, 0.6) is 0 Å². The molecule has 29 heavy (non-hydrogen) atoms. The summed E-state index contributed by atoms with van der Waals surface area (Å²) < 4.78 is 10.8. The molecule has 7 nitrogen and oxygen atoms in total. The second kappa shape index (κ2) is 8.31. The maximum Gasteiger partial charge on any atom is 0.269 e. The second-order valence-electron chi connectivity index (χ2n) is 7.53. The van der Waals surface area contributed by atoms with Gasteiger partial charge < -0.3 is 20.1 Å². The number of ether oxygens (including phenoxy) is 2. The minimum Gasteiger partial charge on any atom is -0.384 e. The number of aromatic nitrogens is 1. The highest BCUT2D eigenvalue weighted by molar-refractivity contribution is 5.99. The van der Waals surface area contributed by atoms with Gasteiger partial charge in [-0.15, -0.1) is 0 Å². The molecule has 0 radical (unpaired) electrons. The first-order chi connectivity index (χ1) is 14.1. The zero-order valence-corrected chi connectivity index (χ0v) is 16.6. The summed E-state index contributed by atoms with van der Waals surface area (Å²) in [5.74, 6) is 0.101. The predicted molar refractivity (Wildman–Crippen MR) is 107 cm³/mol. The van der Waals surface area contributed by atoms with Crippen LogP contribution in [0.1, 0.15) is 38.0 Å². The van der Waals surface area contributed by atoms with E-state index in [4.69, 9.17) is 9.47 Å². The number of fused-ring (bicyclic) bond motifs is 1. The van der Waals surface area contributed by atoms with Crippen LogP contribution in [0, 0.1) is 11.8 Å². The van der Waals surface area contributed by atoms with Crippen LogP contribution in [0.3, 0.4) is 0 Å². The predicted octanol–water partition coefficient (Wildman–Crippen LogP) is 1.59. The van der Waals surface area contributed by atoms with Gasteiger partial charge in [0.25, 0.3) is 11.8 Å². The molecule has 2 N–H and O–H groups in total. The van der Waals surface area contributed by atoms with Crippen molar-refractivity contribution in [3.8, 4) is 0 Å². The molecule has 1 aromatic carbocycles. The average Bonchev–Trinajstić information content (AvgIpc) is 3.17. The van der Waals surface area contributed by atoms with E-state index in [1.807, 2.05) is 30.3 Å². The molecule has 1 unspecified atom stereocenters. The molecule has 1 aliphatic heterocycles. The lowest BCUT2D eigenvalue weighted by Gasteiger charge is -2.18. The van der Waals surface area contributed by atoms with Crippen LogP contribution in [-0.4, -0.2) is 56.8 Å². The standard InChI is InChI=1S/C22H25N3O4/c1-23-22(27)19-9-14(21(26)25-20-16-11-29-12-17(16)20)8-18(24-19)15(10-28-2)13-6-4-3-5-7-13/h3-9,15-17,20H,10-12H2,1-2H3,(H,23,27)(H,25,26)/t15?,16-,17+,20+. The molecule has 2 heterocycles. The summed E-state index contributed by atoms with van der Waals surface area (Å²) in [5, 5.41) is 5.67. The zero-order chi connectivity index (χ0) is 20.4. The highest BCUT2D eigenvalue weighted by Gasteiger charge is 2.54. The number of hydrogen-bond acceptors (Lipinski definition) is 5. The van der Waals surface area contributed by atoms with E-state index >= 15 is 0 Å². The Morgan fingerprint density at radius 1 is 1.17 bits per heavy atom. The maximum absolute atomic E-state index is 12.9. The third-order valence-electron chi connectivity index (χ3n) is 5.71. The molecule has 1 saturated carbocycles. The Kier molecular flexibility index (Phi) is 5.60. The van der Waals surface area contributed by atoms with Crippen LogP contribution < -0.4 is 10.6 Å². The number of carbonyl (C=O) groups excluding carboxylic acids is 2. The lowest BCUT2D eigenvalue weighted by atomic mass is 9.94. The molecule has 0 spiro atoms. The van der Waals surface area contributed by atoms with E-state index in [-0.39, 0.29) is 29.5 Å². The highest BCUT2D eigenvalue weighted by atomic mass is 16.5. The van der Waals surface area contributed by atoms with Crippen molar-refractivity contribution in [3.63, 3.8) is 0 Å². The molecule has 1 saturated heterocycles. The summed E-state index contributed by atoms with van der Waals surface area (Å²) in [4.78, 5) is 29.8. The first kappa shape index (κ1) is 19.5. The second-order valence-corrected chi connectivity index (χ2v) is 7.53. The molecular formula is C22H25N3O4. The van der Waals surface area contributed by atoms with Crippen LogP contribution in [0.15, 0.2) is 42.5 Å². The van der Waals surface area contributed by atoms with Crippen LogP contribution in [0.4, 0.5) is 0 Å². The highest BCUT2D eigenvalue weighted by Crippen LogP contribution is 2.44. The van der Waals surface area contributed by atoms with Gasteiger partial charge in [0.15, 0.2) is 0 Å². The van der Waals surface area contributed by atoms with Crippen LogP contribution in [0.25, 0.3) is 0 Å². The third kappa shape index (κ3) is 4.02. The van der Waals surface area contributed by atoms with Crippen LogP contribution >= 0.6 is 0 Å². The minimum absolute atomic E-state index is 0.153. The van der Waals surface area contributed by atoms with E-state index in [1.54, 1.807) is 26.3 Å². The molecule has 1 aliphatic carbocycles. The number of methoxy groups -OCH3 is 1. The number of nitrogens with zero attached hydrogens (tertiary/aromatic N) is 1. The van der Waals surface area contributed by atoms with Gasteiger partial charge in [0.05, 0.1) is 25.5 Å². The molecule has 2 aliphatic rings. The lowest BCUT2D eigenvalue weighted by Crippen LogP contribution is -2.31. The summed E-state index contributed by atoms with van der Waals surface area (Å²) >= 11 is 0. The first-order valence-corrected chi connectivity index (χ1v) is 9.79. The van der Waals surface area contributed by atoms with Crippen molar-refractivity contribution in [1.29, 1.82) is 0 Å². The molecule has 152 valence electrons. The van der Waals surface area contributed by atoms with Gasteiger partial charge in [-0.3, -0.25) is 9.59 Å². The van der Waals surface area contributed by atoms with Gasteiger partial charge in [-0.1, -0.05) is 30.3 Å². The number of pyridine rings is 1. The number of carbonyl (C=O) groups is 2. The smallest absolute Gasteiger partial charge is 0.269 e. The van der Waals surface area contributed by atoms with Crippen molar-refractivity contribution < 1.29 is 19.1 Å². The Hall–Kier alpha value is -2.77. The van der Waals surface area contributed by atoms with Crippen molar-refractivity contribution >= 4 is 11.8 Å². The molecule has 1 aromatic heterocycles. The van der Waals surface area contributed by atoms with Gasteiger partial charge in [-0.25, -0.2) is 4.98 Å². The van der Waals surface area contributed by atoms with E-state index in [0.29, 0.717) is 42.9 Å². The molecule has 4 rings (SSSR count).